The molecule has 9 heteroatoms. The Morgan fingerprint density at radius 2 is 1.89 bits per heavy atom. The molecule has 0 saturated carbocycles. The Bertz CT molecular complexity index is 1160. The van der Waals surface area contributed by atoms with Crippen molar-refractivity contribution in [2.45, 2.75) is 19.4 Å². The summed E-state index contributed by atoms with van der Waals surface area (Å²) >= 11 is 0. The van der Waals surface area contributed by atoms with Gasteiger partial charge in [0.1, 0.15) is 11.6 Å². The van der Waals surface area contributed by atoms with Gasteiger partial charge in [-0.1, -0.05) is 18.2 Å². The number of nitrogens with zero attached hydrogens (tertiary/aromatic N) is 2. The van der Waals surface area contributed by atoms with Crippen LogP contribution in [0, 0.1) is 12.7 Å². The molecular weight excluding hydrogens is 455 g/mol. The number of methoxy groups -OCH3 is 1. The Morgan fingerprint density at radius 1 is 1.14 bits per heavy atom. The molecule has 186 valence electrons. The number of aromatic hydroxyl groups is 1. The number of ether oxygens (including phenoxy) is 2. The quantitative estimate of drug-likeness (QED) is 0.354. The van der Waals surface area contributed by atoms with Crippen molar-refractivity contribution >= 4 is 17.4 Å². The first-order valence-electron chi connectivity index (χ1n) is 11.5. The van der Waals surface area contributed by atoms with Crippen LogP contribution in [0.2, 0.25) is 0 Å². The van der Waals surface area contributed by atoms with Gasteiger partial charge >= 0.3 is 0 Å². The Labute approximate surface area is 203 Å². The van der Waals surface area contributed by atoms with Crippen molar-refractivity contribution in [1.29, 1.82) is 0 Å². The SMILES string of the molecule is COc1cc(C2/C(=C(\O)c3ccc(C)c(F)c3)C(=O)C(=O)N2CCCN2CCOCC2)ccc1O. The van der Waals surface area contributed by atoms with Crippen LogP contribution in [0.4, 0.5) is 4.39 Å². The van der Waals surface area contributed by atoms with Gasteiger partial charge < -0.3 is 24.6 Å². The maximum atomic E-state index is 14.2. The van der Waals surface area contributed by atoms with E-state index in [-0.39, 0.29) is 29.2 Å². The van der Waals surface area contributed by atoms with Crippen LogP contribution < -0.4 is 4.74 Å². The molecule has 1 atom stereocenters. The van der Waals surface area contributed by atoms with E-state index in [9.17, 15) is 24.2 Å². The number of hydrogen-bond acceptors (Lipinski definition) is 7. The van der Waals surface area contributed by atoms with Gasteiger partial charge in [-0.15, -0.1) is 0 Å². The first kappa shape index (κ1) is 24.7. The van der Waals surface area contributed by atoms with E-state index in [1.165, 1.54) is 36.3 Å². The minimum atomic E-state index is -0.918. The molecule has 4 rings (SSSR count). The average molecular weight is 485 g/mol. The lowest BCUT2D eigenvalue weighted by molar-refractivity contribution is -0.140. The lowest BCUT2D eigenvalue weighted by atomic mass is 9.94. The van der Waals surface area contributed by atoms with Crippen LogP contribution in [0.5, 0.6) is 11.5 Å². The summed E-state index contributed by atoms with van der Waals surface area (Å²) in [6, 6.07) is 7.75. The molecule has 1 amide bonds. The number of ketones is 1. The summed E-state index contributed by atoms with van der Waals surface area (Å²) < 4.78 is 24.8. The summed E-state index contributed by atoms with van der Waals surface area (Å²) in [5, 5.41) is 21.1. The molecule has 2 heterocycles. The second kappa shape index (κ2) is 10.5. The molecule has 0 aliphatic carbocycles. The van der Waals surface area contributed by atoms with Crippen LogP contribution in [0.15, 0.2) is 42.0 Å². The third kappa shape index (κ3) is 5.01. The molecule has 0 bridgehead atoms. The number of hydrogen-bond donors (Lipinski definition) is 2. The second-order valence-electron chi connectivity index (χ2n) is 8.70. The number of phenols is 1. The molecule has 2 saturated heterocycles. The van der Waals surface area contributed by atoms with Gasteiger partial charge in [-0.25, -0.2) is 4.39 Å². The fourth-order valence-corrected chi connectivity index (χ4v) is 4.51. The first-order chi connectivity index (χ1) is 16.8. The van der Waals surface area contributed by atoms with Crippen LogP contribution in [0.1, 0.15) is 29.2 Å². The molecule has 2 aromatic carbocycles. The number of aliphatic hydroxyl groups is 1. The number of morpholine rings is 1. The molecule has 1 unspecified atom stereocenters. The number of carbonyl (C=O) groups excluding carboxylic acids is 2. The van der Waals surface area contributed by atoms with E-state index < -0.39 is 29.3 Å². The highest BCUT2D eigenvalue weighted by molar-refractivity contribution is 6.46. The minimum Gasteiger partial charge on any atom is -0.507 e. The van der Waals surface area contributed by atoms with Gasteiger partial charge in [0, 0.05) is 31.7 Å². The number of halogens is 1. The lowest BCUT2D eigenvalue weighted by Gasteiger charge is -2.29. The number of phenolic OH excluding ortho intramolecular Hbond substituents is 1. The molecule has 0 spiro atoms. The van der Waals surface area contributed by atoms with E-state index in [0.717, 1.165) is 25.7 Å². The molecule has 0 aromatic heterocycles. The average Bonchev–Trinajstić information content (AvgIpc) is 3.11. The summed E-state index contributed by atoms with van der Waals surface area (Å²) in [6.07, 6.45) is 0.609. The molecule has 2 aliphatic heterocycles. The Kier molecular flexibility index (Phi) is 7.37. The van der Waals surface area contributed by atoms with Gasteiger partial charge in [-0.05, 0) is 42.7 Å². The molecule has 2 fully saturated rings. The minimum absolute atomic E-state index is 0.0962. The summed E-state index contributed by atoms with van der Waals surface area (Å²) in [5.74, 6) is -2.49. The molecule has 35 heavy (non-hydrogen) atoms. The Balaban J connectivity index is 1.73. The zero-order chi connectivity index (χ0) is 25.1. The predicted octanol–water partition coefficient (Wildman–Crippen LogP) is 2.99. The normalized spacial score (nSPS) is 20.4. The fraction of sp³-hybridized carbons (Fsp3) is 0.385. The molecule has 0 radical (unpaired) electrons. The molecular formula is C26H29FN2O6. The zero-order valence-electron chi connectivity index (χ0n) is 19.8. The molecule has 2 N–H and O–H groups in total. The summed E-state index contributed by atoms with van der Waals surface area (Å²) in [7, 11) is 1.40. The number of aryl methyl sites for hydroxylation is 1. The van der Waals surface area contributed by atoms with Crippen LogP contribution in [-0.2, 0) is 14.3 Å². The monoisotopic (exact) mass is 484 g/mol. The highest BCUT2D eigenvalue weighted by Gasteiger charge is 2.46. The van der Waals surface area contributed by atoms with Crippen molar-refractivity contribution in [3.8, 4) is 11.5 Å². The van der Waals surface area contributed by atoms with Gasteiger partial charge in [-0.3, -0.25) is 14.5 Å². The molecule has 8 nitrogen and oxygen atoms in total. The van der Waals surface area contributed by atoms with Crippen molar-refractivity contribution in [2.75, 3.05) is 46.5 Å². The van der Waals surface area contributed by atoms with Crippen LogP contribution in [0.25, 0.3) is 5.76 Å². The van der Waals surface area contributed by atoms with E-state index in [0.29, 0.717) is 30.8 Å². The van der Waals surface area contributed by atoms with E-state index in [1.807, 2.05) is 0 Å². The van der Waals surface area contributed by atoms with Crippen molar-refractivity contribution in [1.82, 2.24) is 9.80 Å². The summed E-state index contributed by atoms with van der Waals surface area (Å²) in [6.45, 7) is 5.51. The van der Waals surface area contributed by atoms with Crippen molar-refractivity contribution in [3.63, 3.8) is 0 Å². The Morgan fingerprint density at radius 3 is 2.57 bits per heavy atom. The van der Waals surface area contributed by atoms with Crippen molar-refractivity contribution < 1.29 is 33.7 Å². The van der Waals surface area contributed by atoms with E-state index in [4.69, 9.17) is 9.47 Å². The van der Waals surface area contributed by atoms with Gasteiger partial charge in [-0.2, -0.15) is 0 Å². The third-order valence-electron chi connectivity index (χ3n) is 6.48. The van der Waals surface area contributed by atoms with Crippen molar-refractivity contribution in [2.24, 2.45) is 0 Å². The predicted molar refractivity (Wildman–Crippen MR) is 127 cm³/mol. The van der Waals surface area contributed by atoms with Crippen molar-refractivity contribution in [3.05, 3.63) is 64.5 Å². The number of amides is 1. The highest BCUT2D eigenvalue weighted by Crippen LogP contribution is 2.42. The summed E-state index contributed by atoms with van der Waals surface area (Å²) in [5.41, 5.74) is 0.858. The summed E-state index contributed by atoms with van der Waals surface area (Å²) in [4.78, 5) is 29.9. The largest absolute Gasteiger partial charge is 0.507 e. The number of aliphatic hydroxyl groups excluding tert-OH is 1. The Hall–Kier alpha value is -3.43. The topological polar surface area (TPSA) is 99.5 Å². The smallest absolute Gasteiger partial charge is 0.295 e. The number of benzene rings is 2. The lowest BCUT2D eigenvalue weighted by Crippen LogP contribution is -2.38. The van der Waals surface area contributed by atoms with Crippen LogP contribution in [-0.4, -0.2) is 78.2 Å². The van der Waals surface area contributed by atoms with Gasteiger partial charge in [0.25, 0.3) is 11.7 Å². The van der Waals surface area contributed by atoms with Crippen LogP contribution >= 0.6 is 0 Å². The zero-order valence-corrected chi connectivity index (χ0v) is 19.8. The number of carbonyl (C=O) groups is 2. The fourth-order valence-electron chi connectivity index (χ4n) is 4.51. The second-order valence-corrected chi connectivity index (χ2v) is 8.70. The van der Waals surface area contributed by atoms with Crippen LogP contribution in [0.3, 0.4) is 0 Å². The number of rotatable bonds is 7. The maximum Gasteiger partial charge on any atom is 0.295 e. The molecule has 2 aromatic rings. The van der Waals surface area contributed by atoms with Gasteiger partial charge in [0.15, 0.2) is 11.5 Å². The highest BCUT2D eigenvalue weighted by atomic mass is 19.1. The number of Topliss-reactive ketones (excluding diaryl/α,β-unsaturated/α-hetero) is 1. The van der Waals surface area contributed by atoms with E-state index in [1.54, 1.807) is 13.0 Å². The first-order valence-corrected chi connectivity index (χ1v) is 11.5. The standard InChI is InChI=1S/C26H29FN2O6/c1-16-4-5-18(14-19(16)27)24(31)22-23(17-6-7-20(30)21(15-17)34-2)29(26(33)25(22)32)9-3-8-28-10-12-35-13-11-28/h4-7,14-15,23,30-31H,3,8-13H2,1-2H3/b24-22+. The maximum absolute atomic E-state index is 14.2. The van der Waals surface area contributed by atoms with Gasteiger partial charge in [0.05, 0.1) is 31.9 Å². The molecule has 2 aliphatic rings. The van der Waals surface area contributed by atoms with Gasteiger partial charge in [0.2, 0.25) is 0 Å². The van der Waals surface area contributed by atoms with E-state index >= 15 is 0 Å². The van der Waals surface area contributed by atoms with E-state index in [2.05, 4.69) is 4.90 Å². The third-order valence-corrected chi connectivity index (χ3v) is 6.48. The number of likely N-dealkylation sites (tertiary alicyclic amines) is 1.